The zero-order chi connectivity index (χ0) is 16.3. The van der Waals surface area contributed by atoms with Gasteiger partial charge in [-0.3, -0.25) is 4.98 Å². The van der Waals surface area contributed by atoms with Gasteiger partial charge in [0, 0.05) is 17.8 Å². The van der Waals surface area contributed by atoms with Crippen LogP contribution in [0, 0.1) is 0 Å². The van der Waals surface area contributed by atoms with Gasteiger partial charge in [-0.1, -0.05) is 26.0 Å². The molecule has 0 saturated heterocycles. The maximum Gasteiger partial charge on any atom is 0.412 e. The van der Waals surface area contributed by atoms with Crippen LogP contribution in [-0.2, 0) is 0 Å². The molecule has 0 aliphatic heterocycles. The van der Waals surface area contributed by atoms with E-state index in [1.165, 1.54) is 6.08 Å². The Labute approximate surface area is 128 Å². The Balaban J connectivity index is 2.21. The number of nitrogens with zero attached hydrogens (tertiary/aromatic N) is 1. The summed E-state index contributed by atoms with van der Waals surface area (Å²) in [6, 6.07) is 3.73. The summed E-state index contributed by atoms with van der Waals surface area (Å²) in [7, 11) is 0. The molecule has 1 heterocycles. The molecule has 0 amide bonds. The molecular weight excluding hydrogens is 289 g/mol. The number of halogens is 3. The molecule has 2 nitrogen and oxygen atoms in total. The van der Waals surface area contributed by atoms with E-state index < -0.39 is 11.7 Å². The second kappa shape index (κ2) is 6.65. The minimum atomic E-state index is -4.26. The number of rotatable bonds is 4. The third-order valence-corrected chi connectivity index (χ3v) is 4.19. The molecule has 1 unspecified atom stereocenters. The molecule has 22 heavy (non-hydrogen) atoms. The lowest BCUT2D eigenvalue weighted by molar-refractivity contribution is -0.0939. The topological polar surface area (TPSA) is 38.9 Å². The van der Waals surface area contributed by atoms with Crippen LogP contribution in [0.5, 0.6) is 0 Å². The first-order valence-electron chi connectivity index (χ1n) is 7.52. The van der Waals surface area contributed by atoms with E-state index >= 15 is 0 Å². The minimum Gasteiger partial charge on any atom is -0.327 e. The van der Waals surface area contributed by atoms with Crippen LogP contribution in [0.3, 0.4) is 0 Å². The van der Waals surface area contributed by atoms with Crippen LogP contribution in [-0.4, -0.2) is 17.2 Å². The van der Waals surface area contributed by atoms with Crippen molar-refractivity contribution in [3.8, 4) is 0 Å². The molecule has 1 aliphatic carbocycles. The highest BCUT2D eigenvalue weighted by Gasteiger charge is 2.34. The van der Waals surface area contributed by atoms with Gasteiger partial charge in [-0.25, -0.2) is 0 Å². The lowest BCUT2D eigenvalue weighted by atomic mass is 9.92. The summed E-state index contributed by atoms with van der Waals surface area (Å²) >= 11 is 0. The molecule has 0 spiro atoms. The fourth-order valence-electron chi connectivity index (χ4n) is 2.55. The highest BCUT2D eigenvalue weighted by molar-refractivity contribution is 5.73. The smallest absolute Gasteiger partial charge is 0.327 e. The highest BCUT2D eigenvalue weighted by Crippen LogP contribution is 2.35. The van der Waals surface area contributed by atoms with Crippen LogP contribution in [0.1, 0.15) is 50.3 Å². The summed E-state index contributed by atoms with van der Waals surface area (Å²) in [5, 5.41) is 0. The quantitative estimate of drug-likeness (QED) is 0.883. The van der Waals surface area contributed by atoms with Crippen molar-refractivity contribution >= 4 is 5.57 Å². The van der Waals surface area contributed by atoms with E-state index in [1.54, 1.807) is 18.3 Å². The number of allylic oxidation sites excluding steroid dienone is 4. The Morgan fingerprint density at radius 1 is 1.32 bits per heavy atom. The Morgan fingerprint density at radius 3 is 2.59 bits per heavy atom. The zero-order valence-corrected chi connectivity index (χ0v) is 12.8. The molecule has 1 aromatic heterocycles. The molecule has 1 aliphatic rings. The maximum absolute atomic E-state index is 12.8. The predicted octanol–water partition coefficient (Wildman–Crippen LogP) is 4.59. The lowest BCUT2D eigenvalue weighted by Crippen LogP contribution is -2.25. The number of aromatic nitrogens is 1. The van der Waals surface area contributed by atoms with Crippen molar-refractivity contribution in [2.45, 2.75) is 51.2 Å². The molecular formula is C17H21F3N2. The van der Waals surface area contributed by atoms with Crippen molar-refractivity contribution in [3.63, 3.8) is 0 Å². The van der Waals surface area contributed by atoms with Crippen molar-refractivity contribution in [1.82, 2.24) is 4.98 Å². The van der Waals surface area contributed by atoms with E-state index in [2.05, 4.69) is 4.98 Å². The van der Waals surface area contributed by atoms with Crippen LogP contribution >= 0.6 is 0 Å². The average Bonchev–Trinajstić information content (AvgIpc) is 2.53. The van der Waals surface area contributed by atoms with Gasteiger partial charge in [-0.05, 0) is 48.5 Å². The number of hydrogen-bond acceptors (Lipinski definition) is 2. The van der Waals surface area contributed by atoms with Crippen LogP contribution < -0.4 is 5.73 Å². The van der Waals surface area contributed by atoms with Gasteiger partial charge < -0.3 is 5.73 Å². The summed E-state index contributed by atoms with van der Waals surface area (Å²) < 4.78 is 38.4. The van der Waals surface area contributed by atoms with E-state index in [9.17, 15) is 13.2 Å². The number of nitrogens with two attached hydrogens (primary N) is 1. The zero-order valence-electron chi connectivity index (χ0n) is 12.8. The maximum atomic E-state index is 12.8. The Bertz CT molecular complexity index is 571. The first-order chi connectivity index (χ1) is 10.3. The van der Waals surface area contributed by atoms with Gasteiger partial charge in [0.15, 0.2) is 0 Å². The summed E-state index contributed by atoms with van der Waals surface area (Å²) in [4.78, 5) is 4.32. The standard InChI is InChI=1S/C17H21F3N2/c1-3-15(21)11(2)13-7-8-16(22-10-13)12-5-4-6-14(9-12)17(18,19)20/h5,7-11,15H,3-4,6,21H2,1-2H3/t11?,15-/m0/s1. The third kappa shape index (κ3) is 3.77. The largest absolute Gasteiger partial charge is 0.412 e. The molecule has 2 rings (SSSR count). The molecule has 0 radical (unpaired) electrons. The summed E-state index contributed by atoms with van der Waals surface area (Å²) in [5.41, 5.74) is 7.65. The first-order valence-corrected chi connectivity index (χ1v) is 7.52. The molecule has 0 bridgehead atoms. The van der Waals surface area contributed by atoms with Crippen LogP contribution in [0.2, 0.25) is 0 Å². The highest BCUT2D eigenvalue weighted by atomic mass is 19.4. The van der Waals surface area contributed by atoms with Crippen molar-refractivity contribution < 1.29 is 13.2 Å². The second-order valence-corrected chi connectivity index (χ2v) is 5.70. The van der Waals surface area contributed by atoms with Crippen LogP contribution in [0.4, 0.5) is 13.2 Å². The molecule has 2 N–H and O–H groups in total. The van der Waals surface area contributed by atoms with Gasteiger partial charge in [-0.15, -0.1) is 0 Å². The normalized spacial score (nSPS) is 18.5. The van der Waals surface area contributed by atoms with Crippen LogP contribution in [0.25, 0.3) is 5.57 Å². The molecule has 2 atom stereocenters. The van der Waals surface area contributed by atoms with E-state index in [-0.39, 0.29) is 18.4 Å². The molecule has 120 valence electrons. The molecule has 1 aromatic rings. The SMILES string of the molecule is CC[C@H](N)C(C)c1ccc(C2=CCCC(C(F)(F)F)=C2)nc1. The fourth-order valence-corrected chi connectivity index (χ4v) is 2.55. The summed E-state index contributed by atoms with van der Waals surface area (Å²) in [5.74, 6) is 0.174. The minimum absolute atomic E-state index is 0.0352. The second-order valence-electron chi connectivity index (χ2n) is 5.70. The van der Waals surface area contributed by atoms with E-state index in [0.717, 1.165) is 12.0 Å². The van der Waals surface area contributed by atoms with Crippen molar-refractivity contribution in [2.75, 3.05) is 0 Å². The van der Waals surface area contributed by atoms with Gasteiger partial charge in [-0.2, -0.15) is 13.2 Å². The fraction of sp³-hybridized carbons (Fsp3) is 0.471. The van der Waals surface area contributed by atoms with Crippen molar-refractivity contribution in [1.29, 1.82) is 0 Å². The van der Waals surface area contributed by atoms with Crippen molar-refractivity contribution in [2.24, 2.45) is 5.73 Å². The summed E-state index contributed by atoms with van der Waals surface area (Å²) in [6.45, 7) is 4.06. The van der Waals surface area contributed by atoms with E-state index in [4.69, 9.17) is 5.73 Å². The van der Waals surface area contributed by atoms with Gasteiger partial charge in [0.2, 0.25) is 0 Å². The Hall–Kier alpha value is -1.62. The Kier molecular flexibility index (Phi) is 5.06. The number of pyridine rings is 1. The Morgan fingerprint density at radius 2 is 2.05 bits per heavy atom. The monoisotopic (exact) mass is 310 g/mol. The third-order valence-electron chi connectivity index (χ3n) is 4.19. The average molecular weight is 310 g/mol. The van der Waals surface area contributed by atoms with Gasteiger partial charge in [0.05, 0.1) is 5.69 Å². The molecule has 0 fully saturated rings. The number of alkyl halides is 3. The number of hydrogen-bond donors (Lipinski definition) is 1. The summed E-state index contributed by atoms with van der Waals surface area (Å²) in [6.07, 6.45) is 1.75. The first kappa shape index (κ1) is 16.7. The van der Waals surface area contributed by atoms with Crippen molar-refractivity contribution in [3.05, 3.63) is 47.3 Å². The predicted molar refractivity (Wildman–Crippen MR) is 82.3 cm³/mol. The van der Waals surface area contributed by atoms with Gasteiger partial charge in [0.1, 0.15) is 0 Å². The molecule has 0 aromatic carbocycles. The van der Waals surface area contributed by atoms with Crippen LogP contribution in [0.15, 0.2) is 36.1 Å². The molecule has 0 saturated carbocycles. The lowest BCUT2D eigenvalue weighted by Gasteiger charge is -2.19. The van der Waals surface area contributed by atoms with E-state index in [1.807, 2.05) is 19.9 Å². The van der Waals surface area contributed by atoms with E-state index in [0.29, 0.717) is 17.7 Å². The van der Waals surface area contributed by atoms with Gasteiger partial charge in [0.25, 0.3) is 0 Å². The van der Waals surface area contributed by atoms with Gasteiger partial charge >= 0.3 is 6.18 Å². The molecule has 5 heteroatoms.